The maximum Gasteiger partial charge on any atom is 0.249 e. The van der Waals surface area contributed by atoms with Gasteiger partial charge in [0.15, 0.2) is 0 Å². The molecule has 7 heteroatoms. The first-order chi connectivity index (χ1) is 10.7. The summed E-state index contributed by atoms with van der Waals surface area (Å²) in [5, 5.41) is 0. The van der Waals surface area contributed by atoms with Gasteiger partial charge >= 0.3 is 0 Å². The number of rotatable bonds is 4. The zero-order valence-electron chi connectivity index (χ0n) is 12.7. The molecule has 1 aliphatic rings. The third-order valence-electron chi connectivity index (χ3n) is 3.81. The largest absolute Gasteiger partial charge is 0.375 e. The molecule has 2 aromatic rings. The number of aryl methyl sites for hydroxylation is 1. The van der Waals surface area contributed by atoms with E-state index in [1.54, 1.807) is 23.7 Å². The summed E-state index contributed by atoms with van der Waals surface area (Å²) >= 11 is 1.55. The Morgan fingerprint density at radius 3 is 3.09 bits per heavy atom. The Morgan fingerprint density at radius 2 is 2.36 bits per heavy atom. The predicted octanol–water partition coefficient (Wildman–Crippen LogP) is 2.22. The van der Waals surface area contributed by atoms with Crippen molar-refractivity contribution in [2.75, 3.05) is 20.3 Å². The number of ether oxygens (including phenoxy) is 1. The van der Waals surface area contributed by atoms with Crippen molar-refractivity contribution in [2.24, 2.45) is 0 Å². The van der Waals surface area contributed by atoms with Gasteiger partial charge in [-0.05, 0) is 19.8 Å². The molecule has 0 spiro atoms. The highest BCUT2D eigenvalue weighted by atomic mass is 32.1. The zero-order chi connectivity index (χ0) is 15.5. The van der Waals surface area contributed by atoms with Gasteiger partial charge in [0.1, 0.15) is 12.3 Å². The van der Waals surface area contributed by atoms with E-state index in [2.05, 4.69) is 9.97 Å². The minimum Gasteiger partial charge on any atom is -0.375 e. The van der Waals surface area contributed by atoms with Gasteiger partial charge in [-0.2, -0.15) is 0 Å². The number of amides is 1. The molecule has 2 aromatic heterocycles. The SMILES string of the molecule is COCC(=O)N1CCCC1c1cncc(-c2scnc2C)n1. The first kappa shape index (κ1) is 15.1. The monoisotopic (exact) mass is 318 g/mol. The maximum absolute atomic E-state index is 12.1. The molecule has 22 heavy (non-hydrogen) atoms. The summed E-state index contributed by atoms with van der Waals surface area (Å²) in [6.07, 6.45) is 5.39. The van der Waals surface area contributed by atoms with Gasteiger partial charge in [-0.3, -0.25) is 9.78 Å². The van der Waals surface area contributed by atoms with Crippen LogP contribution in [0.4, 0.5) is 0 Å². The quantitative estimate of drug-likeness (QED) is 0.864. The van der Waals surface area contributed by atoms with Gasteiger partial charge < -0.3 is 9.64 Å². The Hall–Kier alpha value is -1.86. The second-order valence-electron chi connectivity index (χ2n) is 5.27. The fourth-order valence-corrected chi connectivity index (χ4v) is 3.54. The number of aromatic nitrogens is 3. The minimum atomic E-state index is -0.0108. The van der Waals surface area contributed by atoms with Crippen molar-refractivity contribution in [3.8, 4) is 10.6 Å². The summed E-state index contributed by atoms with van der Waals surface area (Å²) in [5.74, 6) is 0.00572. The highest BCUT2D eigenvalue weighted by Gasteiger charge is 2.31. The van der Waals surface area contributed by atoms with Crippen LogP contribution in [0, 0.1) is 6.92 Å². The lowest BCUT2D eigenvalue weighted by Gasteiger charge is -2.24. The molecule has 1 fully saturated rings. The van der Waals surface area contributed by atoms with Gasteiger partial charge in [-0.25, -0.2) is 9.97 Å². The molecule has 0 aliphatic carbocycles. The van der Waals surface area contributed by atoms with Crippen molar-refractivity contribution in [2.45, 2.75) is 25.8 Å². The lowest BCUT2D eigenvalue weighted by molar-refractivity contribution is -0.136. The first-order valence-electron chi connectivity index (χ1n) is 7.21. The number of carbonyl (C=O) groups excluding carboxylic acids is 1. The lowest BCUT2D eigenvalue weighted by atomic mass is 10.1. The van der Waals surface area contributed by atoms with E-state index in [0.29, 0.717) is 0 Å². The van der Waals surface area contributed by atoms with E-state index < -0.39 is 0 Å². The summed E-state index contributed by atoms with van der Waals surface area (Å²) in [5.41, 5.74) is 4.43. The molecule has 1 saturated heterocycles. The van der Waals surface area contributed by atoms with Crippen LogP contribution in [-0.2, 0) is 9.53 Å². The predicted molar refractivity (Wildman–Crippen MR) is 83.4 cm³/mol. The summed E-state index contributed by atoms with van der Waals surface area (Å²) < 4.78 is 4.96. The van der Waals surface area contributed by atoms with E-state index in [1.165, 1.54) is 7.11 Å². The molecule has 3 heterocycles. The summed E-state index contributed by atoms with van der Waals surface area (Å²) in [7, 11) is 1.54. The normalized spacial score (nSPS) is 17.9. The van der Waals surface area contributed by atoms with Crippen molar-refractivity contribution in [3.63, 3.8) is 0 Å². The number of nitrogens with zero attached hydrogens (tertiary/aromatic N) is 4. The maximum atomic E-state index is 12.1. The van der Waals surface area contributed by atoms with Crippen LogP contribution in [0.2, 0.25) is 0 Å². The Morgan fingerprint density at radius 1 is 1.50 bits per heavy atom. The van der Waals surface area contributed by atoms with Crippen LogP contribution in [0.15, 0.2) is 17.9 Å². The van der Waals surface area contributed by atoms with Gasteiger partial charge in [0.2, 0.25) is 5.91 Å². The summed E-state index contributed by atoms with van der Waals surface area (Å²) in [6, 6.07) is -0.0108. The van der Waals surface area contributed by atoms with Crippen molar-refractivity contribution >= 4 is 17.2 Å². The van der Waals surface area contributed by atoms with Crippen LogP contribution < -0.4 is 0 Å². The second kappa shape index (κ2) is 6.50. The molecular weight excluding hydrogens is 300 g/mol. The Kier molecular flexibility index (Phi) is 4.44. The molecule has 1 atom stereocenters. The van der Waals surface area contributed by atoms with Crippen LogP contribution >= 0.6 is 11.3 Å². The zero-order valence-corrected chi connectivity index (χ0v) is 13.5. The van der Waals surface area contributed by atoms with Crippen LogP contribution in [0.5, 0.6) is 0 Å². The molecule has 1 amide bonds. The van der Waals surface area contributed by atoms with Gasteiger partial charge in [-0.15, -0.1) is 11.3 Å². The number of likely N-dealkylation sites (tertiary alicyclic amines) is 1. The fraction of sp³-hybridized carbons (Fsp3) is 0.467. The number of hydrogen-bond donors (Lipinski definition) is 0. The van der Waals surface area contributed by atoms with E-state index in [-0.39, 0.29) is 18.6 Å². The lowest BCUT2D eigenvalue weighted by Crippen LogP contribution is -2.33. The van der Waals surface area contributed by atoms with Crippen molar-refractivity contribution in [1.82, 2.24) is 19.9 Å². The van der Waals surface area contributed by atoms with Crippen molar-refractivity contribution < 1.29 is 9.53 Å². The van der Waals surface area contributed by atoms with Gasteiger partial charge in [0.05, 0.1) is 40.2 Å². The molecule has 116 valence electrons. The average molecular weight is 318 g/mol. The van der Waals surface area contributed by atoms with Crippen molar-refractivity contribution in [1.29, 1.82) is 0 Å². The third kappa shape index (κ3) is 2.86. The molecule has 0 radical (unpaired) electrons. The Labute approximate surface area is 133 Å². The highest BCUT2D eigenvalue weighted by molar-refractivity contribution is 7.13. The van der Waals surface area contributed by atoms with Gasteiger partial charge in [0, 0.05) is 13.7 Å². The van der Waals surface area contributed by atoms with E-state index in [0.717, 1.165) is 41.3 Å². The number of carbonyl (C=O) groups is 1. The number of methoxy groups -OCH3 is 1. The molecule has 3 rings (SSSR count). The van der Waals surface area contributed by atoms with Crippen LogP contribution in [0.3, 0.4) is 0 Å². The van der Waals surface area contributed by atoms with Crippen molar-refractivity contribution in [3.05, 3.63) is 29.3 Å². The van der Waals surface area contributed by atoms with E-state index in [1.807, 2.05) is 17.3 Å². The molecule has 0 aromatic carbocycles. The number of thiazole rings is 1. The molecule has 1 aliphatic heterocycles. The third-order valence-corrected chi connectivity index (χ3v) is 4.76. The smallest absolute Gasteiger partial charge is 0.249 e. The van der Waals surface area contributed by atoms with E-state index in [4.69, 9.17) is 9.72 Å². The average Bonchev–Trinajstić information content (AvgIpc) is 3.16. The molecule has 0 N–H and O–H groups in total. The minimum absolute atomic E-state index is 0.00572. The van der Waals surface area contributed by atoms with Gasteiger partial charge in [0.25, 0.3) is 0 Å². The molecule has 6 nitrogen and oxygen atoms in total. The van der Waals surface area contributed by atoms with E-state index in [9.17, 15) is 4.79 Å². The molecule has 0 bridgehead atoms. The standard InChI is InChI=1S/C15H18N4O2S/c1-10-15(22-9-17-10)12-7-16-6-11(18-12)13-4-3-5-19(13)14(20)8-21-2/h6-7,9,13H,3-5,8H2,1-2H3. The summed E-state index contributed by atoms with van der Waals surface area (Å²) in [4.78, 5) is 28.3. The first-order valence-corrected chi connectivity index (χ1v) is 8.09. The number of hydrogen-bond acceptors (Lipinski definition) is 6. The molecule has 0 saturated carbocycles. The van der Waals surface area contributed by atoms with Gasteiger partial charge in [-0.1, -0.05) is 0 Å². The molecular formula is C15H18N4O2S. The van der Waals surface area contributed by atoms with Crippen LogP contribution in [0.25, 0.3) is 10.6 Å². The summed E-state index contributed by atoms with van der Waals surface area (Å²) in [6.45, 7) is 2.82. The highest BCUT2D eigenvalue weighted by Crippen LogP contribution is 2.32. The topological polar surface area (TPSA) is 68.2 Å². The fourth-order valence-electron chi connectivity index (χ4n) is 2.78. The van der Waals surface area contributed by atoms with Crippen LogP contribution in [0.1, 0.15) is 30.3 Å². The Balaban J connectivity index is 1.88. The second-order valence-corrected chi connectivity index (χ2v) is 6.13. The molecule has 1 unspecified atom stereocenters. The Bertz CT molecular complexity index is 673. The van der Waals surface area contributed by atoms with E-state index >= 15 is 0 Å². The van der Waals surface area contributed by atoms with Crippen LogP contribution in [-0.4, -0.2) is 46.0 Å².